The molecule has 1 aromatic rings. The average molecular weight is 358 g/mol. The Morgan fingerprint density at radius 3 is 1.85 bits per heavy atom. The lowest BCUT2D eigenvalue weighted by atomic mass is 10.1. The van der Waals surface area contributed by atoms with E-state index in [1.165, 1.54) is 19.3 Å². The van der Waals surface area contributed by atoms with Crippen LogP contribution in [0.2, 0.25) is 0 Å². The minimum absolute atomic E-state index is 0.0211. The number of fused-ring (bicyclic) bond motifs is 1. The second-order valence-corrected chi connectivity index (χ2v) is 7.90. The van der Waals surface area contributed by atoms with Gasteiger partial charge in [-0.25, -0.2) is 4.98 Å². The monoisotopic (exact) mass is 358 g/mol. The van der Waals surface area contributed by atoms with Crippen LogP contribution < -0.4 is 0 Å². The van der Waals surface area contributed by atoms with E-state index in [4.69, 9.17) is 0 Å². The molecule has 2 saturated heterocycles. The molecule has 6 nitrogen and oxygen atoms in total. The zero-order chi connectivity index (χ0) is 17.9. The Kier molecular flexibility index (Phi) is 5.27. The maximum atomic E-state index is 13.2. The third kappa shape index (κ3) is 3.38. The first-order valence-electron chi connectivity index (χ1n) is 10.4. The van der Waals surface area contributed by atoms with Crippen LogP contribution in [0.3, 0.4) is 0 Å². The van der Waals surface area contributed by atoms with Crippen LogP contribution in [0.1, 0.15) is 84.6 Å². The van der Waals surface area contributed by atoms with Crippen LogP contribution in [-0.4, -0.2) is 57.3 Å². The number of nitrogens with zero attached hydrogens (tertiary/aromatic N) is 4. The molecule has 3 aliphatic heterocycles. The number of carbonyl (C=O) groups excluding carboxylic acids is 2. The molecule has 2 fully saturated rings. The fraction of sp³-hybridized carbons (Fsp3) is 0.750. The zero-order valence-electron chi connectivity index (χ0n) is 15.7. The summed E-state index contributed by atoms with van der Waals surface area (Å²) < 4.78 is 2.05. The molecule has 2 amide bonds. The molecule has 0 spiro atoms. The number of amides is 2. The molecule has 6 heteroatoms. The fourth-order valence-corrected chi connectivity index (χ4v) is 4.54. The second kappa shape index (κ2) is 7.80. The van der Waals surface area contributed by atoms with Crippen molar-refractivity contribution in [3.8, 4) is 0 Å². The SMILES string of the molecule is O=C(c1nc(C(=O)N2CCCCCC2)n2c1CCCC2)N1CCCCC1. The van der Waals surface area contributed by atoms with Crippen molar-refractivity contribution < 1.29 is 9.59 Å². The zero-order valence-corrected chi connectivity index (χ0v) is 15.7. The van der Waals surface area contributed by atoms with E-state index >= 15 is 0 Å². The van der Waals surface area contributed by atoms with Crippen molar-refractivity contribution in [1.82, 2.24) is 19.4 Å². The highest BCUT2D eigenvalue weighted by atomic mass is 16.2. The number of carbonyl (C=O) groups is 2. The highest BCUT2D eigenvalue weighted by Crippen LogP contribution is 2.25. The van der Waals surface area contributed by atoms with Crippen LogP contribution in [-0.2, 0) is 13.0 Å². The Hall–Kier alpha value is -1.85. The summed E-state index contributed by atoms with van der Waals surface area (Å²) in [5.41, 5.74) is 1.54. The summed E-state index contributed by atoms with van der Waals surface area (Å²) in [4.78, 5) is 34.8. The molecule has 4 rings (SSSR count). The van der Waals surface area contributed by atoms with Gasteiger partial charge < -0.3 is 14.4 Å². The lowest BCUT2D eigenvalue weighted by Crippen LogP contribution is -2.36. The van der Waals surface area contributed by atoms with Gasteiger partial charge in [0, 0.05) is 32.7 Å². The van der Waals surface area contributed by atoms with Gasteiger partial charge in [-0.2, -0.15) is 0 Å². The normalized spacial score (nSPS) is 21.2. The van der Waals surface area contributed by atoms with Crippen molar-refractivity contribution in [3.05, 3.63) is 17.2 Å². The summed E-state index contributed by atoms with van der Waals surface area (Å²) in [6, 6.07) is 0. The number of hydrogen-bond donors (Lipinski definition) is 0. The van der Waals surface area contributed by atoms with Gasteiger partial charge in [0.25, 0.3) is 11.8 Å². The molecule has 3 aliphatic rings. The van der Waals surface area contributed by atoms with E-state index in [0.717, 1.165) is 83.4 Å². The van der Waals surface area contributed by atoms with Gasteiger partial charge in [0.15, 0.2) is 5.82 Å². The number of aromatic nitrogens is 2. The van der Waals surface area contributed by atoms with Gasteiger partial charge in [-0.15, -0.1) is 0 Å². The maximum absolute atomic E-state index is 13.2. The molecule has 1 aromatic heterocycles. The summed E-state index contributed by atoms with van der Waals surface area (Å²) in [6.07, 6.45) is 10.9. The second-order valence-electron chi connectivity index (χ2n) is 7.90. The third-order valence-corrected chi connectivity index (χ3v) is 6.05. The van der Waals surface area contributed by atoms with Crippen LogP contribution in [0.25, 0.3) is 0 Å². The first-order chi connectivity index (χ1) is 12.8. The molecule has 0 unspecified atom stereocenters. The molecule has 0 aromatic carbocycles. The molecule has 0 bridgehead atoms. The molecule has 142 valence electrons. The largest absolute Gasteiger partial charge is 0.337 e. The van der Waals surface area contributed by atoms with Gasteiger partial charge in [0.2, 0.25) is 0 Å². The van der Waals surface area contributed by atoms with Crippen molar-refractivity contribution >= 4 is 11.8 Å². The highest BCUT2D eigenvalue weighted by molar-refractivity contribution is 5.97. The van der Waals surface area contributed by atoms with E-state index < -0.39 is 0 Å². The lowest BCUT2D eigenvalue weighted by Gasteiger charge is -2.26. The third-order valence-electron chi connectivity index (χ3n) is 6.05. The minimum atomic E-state index is 0.0211. The Bertz CT molecular complexity index is 668. The fourth-order valence-electron chi connectivity index (χ4n) is 4.54. The van der Waals surface area contributed by atoms with Crippen LogP contribution in [0.15, 0.2) is 0 Å². The molecule has 0 saturated carbocycles. The summed E-state index contributed by atoms with van der Waals surface area (Å²) in [6.45, 7) is 4.08. The molecule has 0 atom stereocenters. The number of rotatable bonds is 2. The van der Waals surface area contributed by atoms with Crippen molar-refractivity contribution in [2.75, 3.05) is 26.2 Å². The minimum Gasteiger partial charge on any atom is -0.337 e. The quantitative estimate of drug-likeness (QED) is 0.817. The molecule has 4 heterocycles. The summed E-state index contributed by atoms with van der Waals surface area (Å²) in [5.74, 6) is 0.556. The summed E-state index contributed by atoms with van der Waals surface area (Å²) >= 11 is 0. The van der Waals surface area contributed by atoms with Crippen LogP contribution in [0, 0.1) is 0 Å². The first kappa shape index (κ1) is 17.6. The molecular formula is C20H30N4O2. The van der Waals surface area contributed by atoms with E-state index in [1.807, 2.05) is 14.4 Å². The Morgan fingerprint density at radius 1 is 0.654 bits per heavy atom. The van der Waals surface area contributed by atoms with E-state index in [9.17, 15) is 9.59 Å². The number of piperidine rings is 1. The first-order valence-corrected chi connectivity index (χ1v) is 10.4. The van der Waals surface area contributed by atoms with Crippen molar-refractivity contribution in [3.63, 3.8) is 0 Å². The highest BCUT2D eigenvalue weighted by Gasteiger charge is 2.32. The molecule has 0 N–H and O–H groups in total. The van der Waals surface area contributed by atoms with Gasteiger partial charge in [-0.1, -0.05) is 12.8 Å². The Labute approximate surface area is 155 Å². The predicted octanol–water partition coefficient (Wildman–Crippen LogP) is 2.86. The van der Waals surface area contributed by atoms with Gasteiger partial charge >= 0.3 is 0 Å². The smallest absolute Gasteiger partial charge is 0.289 e. The van der Waals surface area contributed by atoms with E-state index in [0.29, 0.717) is 11.5 Å². The number of imidazole rings is 1. The molecule has 26 heavy (non-hydrogen) atoms. The maximum Gasteiger partial charge on any atom is 0.289 e. The molecule has 0 radical (unpaired) electrons. The van der Waals surface area contributed by atoms with Gasteiger partial charge in [-0.05, 0) is 51.4 Å². The standard InChI is InChI=1S/C20H30N4O2/c25-19(22-11-7-3-8-12-22)17-16-10-4-9-15-24(16)18(21-17)20(26)23-13-5-1-2-6-14-23/h1-15H2. The van der Waals surface area contributed by atoms with Crippen molar-refractivity contribution in [2.24, 2.45) is 0 Å². The topological polar surface area (TPSA) is 58.4 Å². The van der Waals surface area contributed by atoms with Gasteiger partial charge in [0.1, 0.15) is 5.69 Å². The van der Waals surface area contributed by atoms with Crippen LogP contribution >= 0.6 is 0 Å². The Balaban J connectivity index is 1.63. The molecular weight excluding hydrogens is 328 g/mol. The van der Waals surface area contributed by atoms with Crippen LogP contribution in [0.4, 0.5) is 0 Å². The van der Waals surface area contributed by atoms with E-state index in [2.05, 4.69) is 4.98 Å². The molecule has 0 aliphatic carbocycles. The van der Waals surface area contributed by atoms with Crippen LogP contribution in [0.5, 0.6) is 0 Å². The van der Waals surface area contributed by atoms with Crippen molar-refractivity contribution in [2.45, 2.75) is 70.8 Å². The summed E-state index contributed by atoms with van der Waals surface area (Å²) in [7, 11) is 0. The predicted molar refractivity (Wildman–Crippen MR) is 99.3 cm³/mol. The van der Waals surface area contributed by atoms with E-state index in [-0.39, 0.29) is 11.8 Å². The summed E-state index contributed by atoms with van der Waals surface area (Å²) in [5, 5.41) is 0. The van der Waals surface area contributed by atoms with Gasteiger partial charge in [-0.3, -0.25) is 9.59 Å². The Morgan fingerprint density at radius 2 is 1.19 bits per heavy atom. The average Bonchev–Trinajstić information content (AvgIpc) is 2.87. The van der Waals surface area contributed by atoms with Gasteiger partial charge in [0.05, 0.1) is 5.69 Å². The van der Waals surface area contributed by atoms with E-state index in [1.54, 1.807) is 0 Å². The number of hydrogen-bond acceptors (Lipinski definition) is 3. The number of likely N-dealkylation sites (tertiary alicyclic amines) is 2. The lowest BCUT2D eigenvalue weighted by molar-refractivity contribution is 0.0717. The van der Waals surface area contributed by atoms with Crippen molar-refractivity contribution in [1.29, 1.82) is 0 Å².